The summed E-state index contributed by atoms with van der Waals surface area (Å²) in [4.78, 5) is 17.5. The van der Waals surface area contributed by atoms with E-state index in [4.69, 9.17) is 9.84 Å². The molecule has 0 aliphatic rings. The molecular formula is C9H16N4O5S. The standard InChI is InChI=1S/C9H16N4O5S/c1-18-3-2-12-19(16,17)13-8(9(14)15)4-7-5-10-6-11-7/h5-6,8,12-13H,2-4H2,1H3,(H,10,11)(H,14,15)/t8-/m1/s1. The van der Waals surface area contributed by atoms with Crippen molar-refractivity contribution in [1.82, 2.24) is 19.4 Å². The van der Waals surface area contributed by atoms with Crippen LogP contribution in [-0.4, -0.2) is 55.8 Å². The number of carboxylic acid groups (broad SMARTS) is 1. The monoisotopic (exact) mass is 292 g/mol. The molecule has 0 aliphatic heterocycles. The number of nitrogens with one attached hydrogen (secondary N) is 3. The van der Waals surface area contributed by atoms with Crippen LogP contribution < -0.4 is 9.44 Å². The highest BCUT2D eigenvalue weighted by molar-refractivity contribution is 7.87. The lowest BCUT2D eigenvalue weighted by Crippen LogP contribution is -2.48. The van der Waals surface area contributed by atoms with E-state index in [1.54, 1.807) is 0 Å². The number of rotatable bonds is 9. The van der Waals surface area contributed by atoms with Crippen LogP contribution in [0.25, 0.3) is 0 Å². The Labute approximate surface area is 110 Å². The number of methoxy groups -OCH3 is 1. The first kappa shape index (κ1) is 15.6. The van der Waals surface area contributed by atoms with Gasteiger partial charge in [-0.05, 0) is 0 Å². The van der Waals surface area contributed by atoms with Crippen molar-refractivity contribution in [2.75, 3.05) is 20.3 Å². The van der Waals surface area contributed by atoms with Crippen molar-refractivity contribution in [3.63, 3.8) is 0 Å². The average Bonchev–Trinajstić information content (AvgIpc) is 2.80. The van der Waals surface area contributed by atoms with Gasteiger partial charge in [-0.2, -0.15) is 17.9 Å². The Morgan fingerprint density at radius 2 is 2.37 bits per heavy atom. The highest BCUT2D eigenvalue weighted by Gasteiger charge is 2.24. The predicted octanol–water partition coefficient (Wildman–Crippen LogP) is -1.52. The number of aromatic nitrogens is 2. The zero-order chi connectivity index (χ0) is 14.3. The Morgan fingerprint density at radius 3 is 2.89 bits per heavy atom. The lowest BCUT2D eigenvalue weighted by Gasteiger charge is -2.14. The number of hydrogen-bond acceptors (Lipinski definition) is 5. The molecule has 0 radical (unpaired) electrons. The van der Waals surface area contributed by atoms with E-state index in [1.165, 1.54) is 19.6 Å². The topological polar surface area (TPSA) is 133 Å². The first-order valence-corrected chi connectivity index (χ1v) is 6.89. The van der Waals surface area contributed by atoms with Crippen LogP contribution in [0.5, 0.6) is 0 Å². The summed E-state index contributed by atoms with van der Waals surface area (Å²) < 4.78 is 32.1. The number of carboxylic acids is 1. The van der Waals surface area contributed by atoms with Crippen molar-refractivity contribution in [2.24, 2.45) is 0 Å². The summed E-state index contributed by atoms with van der Waals surface area (Å²) in [6.07, 6.45) is 2.79. The minimum atomic E-state index is -3.90. The van der Waals surface area contributed by atoms with Crippen LogP contribution in [0.1, 0.15) is 5.69 Å². The van der Waals surface area contributed by atoms with E-state index in [0.29, 0.717) is 5.69 Å². The minimum absolute atomic E-state index is 0.0273. The molecule has 0 spiro atoms. The van der Waals surface area contributed by atoms with Gasteiger partial charge in [0.05, 0.1) is 12.9 Å². The maximum Gasteiger partial charge on any atom is 0.322 e. The third-order valence-corrected chi connectivity index (χ3v) is 3.35. The predicted molar refractivity (Wildman–Crippen MR) is 65.6 cm³/mol. The molecule has 0 saturated carbocycles. The van der Waals surface area contributed by atoms with Crippen molar-refractivity contribution in [1.29, 1.82) is 0 Å². The van der Waals surface area contributed by atoms with E-state index >= 15 is 0 Å². The minimum Gasteiger partial charge on any atom is -0.480 e. The van der Waals surface area contributed by atoms with E-state index in [1.807, 2.05) is 4.72 Å². The number of carbonyl (C=O) groups is 1. The number of H-pyrrole nitrogens is 1. The summed E-state index contributed by atoms with van der Waals surface area (Å²) in [5.74, 6) is -1.27. The number of nitrogens with zero attached hydrogens (tertiary/aromatic N) is 1. The maximum atomic E-state index is 11.6. The smallest absolute Gasteiger partial charge is 0.322 e. The SMILES string of the molecule is COCCNS(=O)(=O)N[C@H](Cc1cnc[nH]1)C(=O)O. The van der Waals surface area contributed by atoms with Gasteiger partial charge >= 0.3 is 5.97 Å². The molecule has 1 rings (SSSR count). The van der Waals surface area contributed by atoms with Gasteiger partial charge in [-0.1, -0.05) is 0 Å². The molecule has 0 saturated heterocycles. The molecule has 0 unspecified atom stereocenters. The van der Waals surface area contributed by atoms with E-state index < -0.39 is 22.2 Å². The molecular weight excluding hydrogens is 276 g/mol. The van der Waals surface area contributed by atoms with Crippen molar-refractivity contribution >= 4 is 16.2 Å². The van der Waals surface area contributed by atoms with E-state index in [9.17, 15) is 13.2 Å². The molecule has 1 aromatic heterocycles. The summed E-state index contributed by atoms with van der Waals surface area (Å²) in [6, 6.07) is -1.28. The highest BCUT2D eigenvalue weighted by Crippen LogP contribution is 2.00. The normalized spacial score (nSPS) is 13.3. The molecule has 4 N–H and O–H groups in total. The van der Waals surface area contributed by atoms with E-state index in [0.717, 1.165) is 0 Å². The zero-order valence-electron chi connectivity index (χ0n) is 10.3. The van der Waals surface area contributed by atoms with Gasteiger partial charge in [-0.15, -0.1) is 0 Å². The molecule has 1 heterocycles. The van der Waals surface area contributed by atoms with Crippen LogP contribution in [-0.2, 0) is 26.2 Å². The Kier molecular flexibility index (Phi) is 5.89. The zero-order valence-corrected chi connectivity index (χ0v) is 11.1. The van der Waals surface area contributed by atoms with E-state index in [-0.39, 0.29) is 19.6 Å². The lowest BCUT2D eigenvalue weighted by molar-refractivity contribution is -0.138. The summed E-state index contributed by atoms with van der Waals surface area (Å²) in [5.41, 5.74) is 0.520. The Balaban J connectivity index is 2.60. The second-order valence-electron chi connectivity index (χ2n) is 3.68. The Hall–Kier alpha value is -1.49. The quantitative estimate of drug-likeness (QED) is 0.408. The molecule has 0 amide bonds. The number of ether oxygens (including phenoxy) is 1. The van der Waals surface area contributed by atoms with Crippen molar-refractivity contribution in [3.05, 3.63) is 18.2 Å². The maximum absolute atomic E-state index is 11.6. The van der Waals surface area contributed by atoms with Crippen LogP contribution in [0.15, 0.2) is 12.5 Å². The van der Waals surface area contributed by atoms with Crippen LogP contribution >= 0.6 is 0 Å². The van der Waals surface area contributed by atoms with Gasteiger partial charge in [0.2, 0.25) is 0 Å². The molecule has 108 valence electrons. The van der Waals surface area contributed by atoms with Gasteiger partial charge in [0.1, 0.15) is 6.04 Å². The third-order valence-electron chi connectivity index (χ3n) is 2.17. The van der Waals surface area contributed by atoms with Gasteiger partial charge in [0.15, 0.2) is 0 Å². The fourth-order valence-electron chi connectivity index (χ4n) is 1.30. The largest absolute Gasteiger partial charge is 0.480 e. The lowest BCUT2D eigenvalue weighted by atomic mass is 10.2. The second kappa shape index (κ2) is 7.19. The van der Waals surface area contributed by atoms with Crippen molar-refractivity contribution in [3.8, 4) is 0 Å². The van der Waals surface area contributed by atoms with Gasteiger partial charge in [-0.25, -0.2) is 4.98 Å². The average molecular weight is 292 g/mol. The third kappa shape index (κ3) is 5.79. The summed E-state index contributed by atoms with van der Waals surface area (Å²) >= 11 is 0. The molecule has 9 nitrogen and oxygen atoms in total. The first-order chi connectivity index (χ1) is 8.94. The molecule has 19 heavy (non-hydrogen) atoms. The highest BCUT2D eigenvalue weighted by atomic mass is 32.2. The number of aromatic amines is 1. The first-order valence-electron chi connectivity index (χ1n) is 5.40. The molecule has 1 atom stereocenters. The number of hydrogen-bond donors (Lipinski definition) is 4. The molecule has 0 aliphatic carbocycles. The van der Waals surface area contributed by atoms with Crippen LogP contribution in [0.3, 0.4) is 0 Å². The summed E-state index contributed by atoms with van der Waals surface area (Å²) in [7, 11) is -2.47. The van der Waals surface area contributed by atoms with Crippen LogP contribution in [0, 0.1) is 0 Å². The van der Waals surface area contributed by atoms with Gasteiger partial charge in [-0.3, -0.25) is 4.79 Å². The van der Waals surface area contributed by atoms with Gasteiger partial charge in [0.25, 0.3) is 10.2 Å². The van der Waals surface area contributed by atoms with Crippen molar-refractivity contribution < 1.29 is 23.1 Å². The van der Waals surface area contributed by atoms with Gasteiger partial charge in [0, 0.05) is 32.0 Å². The number of aliphatic carboxylic acids is 1. The van der Waals surface area contributed by atoms with Crippen LogP contribution in [0.2, 0.25) is 0 Å². The molecule has 10 heteroatoms. The molecule has 0 fully saturated rings. The van der Waals surface area contributed by atoms with Crippen LogP contribution in [0.4, 0.5) is 0 Å². The Bertz CT molecular complexity index is 487. The molecule has 0 bridgehead atoms. The molecule has 0 aromatic carbocycles. The van der Waals surface area contributed by atoms with Crippen molar-refractivity contribution in [2.45, 2.75) is 12.5 Å². The Morgan fingerprint density at radius 1 is 1.63 bits per heavy atom. The summed E-state index contributed by atoms with van der Waals surface area (Å²) in [5, 5.41) is 8.99. The number of imidazole rings is 1. The second-order valence-corrected chi connectivity index (χ2v) is 5.21. The summed E-state index contributed by atoms with van der Waals surface area (Å²) in [6.45, 7) is 0.251. The fraction of sp³-hybridized carbons (Fsp3) is 0.556. The van der Waals surface area contributed by atoms with E-state index in [2.05, 4.69) is 14.7 Å². The molecule has 1 aromatic rings. The van der Waals surface area contributed by atoms with Gasteiger partial charge < -0.3 is 14.8 Å². The fourth-order valence-corrected chi connectivity index (χ4v) is 2.30.